The van der Waals surface area contributed by atoms with Gasteiger partial charge in [0.05, 0.1) is 12.2 Å². The smallest absolute Gasteiger partial charge is 0.0596 e. The van der Waals surface area contributed by atoms with E-state index in [9.17, 15) is 10.2 Å². The van der Waals surface area contributed by atoms with Crippen LogP contribution in [0.2, 0.25) is 0 Å². The number of fused-ring (bicyclic) bond motifs is 5. The Hall–Kier alpha value is -0.0800. The Kier molecular flexibility index (Phi) is 3.25. The molecule has 2 heteroatoms. The van der Waals surface area contributed by atoms with Gasteiger partial charge in [0.15, 0.2) is 0 Å². The van der Waals surface area contributed by atoms with Crippen LogP contribution in [-0.4, -0.2) is 22.4 Å². The van der Waals surface area contributed by atoms with E-state index in [1.807, 2.05) is 0 Å². The Morgan fingerprint density at radius 1 is 0.762 bits per heavy atom. The second-order valence-electron chi connectivity index (χ2n) is 9.22. The van der Waals surface area contributed by atoms with E-state index in [1.54, 1.807) is 0 Å². The van der Waals surface area contributed by atoms with Crippen molar-refractivity contribution in [1.29, 1.82) is 0 Å². The summed E-state index contributed by atoms with van der Waals surface area (Å²) in [6.45, 7) is 4.90. The van der Waals surface area contributed by atoms with Crippen LogP contribution >= 0.6 is 0 Å². The highest BCUT2D eigenvalue weighted by Crippen LogP contribution is 2.66. The zero-order valence-electron chi connectivity index (χ0n) is 13.7. The van der Waals surface area contributed by atoms with Crippen molar-refractivity contribution in [2.45, 2.75) is 83.8 Å². The summed E-state index contributed by atoms with van der Waals surface area (Å²) in [7, 11) is 0. The molecule has 2 unspecified atom stereocenters. The molecule has 4 aliphatic rings. The third-order valence-electron chi connectivity index (χ3n) is 8.59. The summed E-state index contributed by atoms with van der Waals surface area (Å²) in [5, 5.41) is 20.5. The lowest BCUT2D eigenvalue weighted by Gasteiger charge is -2.60. The van der Waals surface area contributed by atoms with Crippen molar-refractivity contribution in [3.63, 3.8) is 0 Å². The number of hydrogen-bond donors (Lipinski definition) is 2. The van der Waals surface area contributed by atoms with Gasteiger partial charge in [-0.3, -0.25) is 0 Å². The molecule has 0 heterocycles. The molecule has 4 aliphatic carbocycles. The van der Waals surface area contributed by atoms with Crippen LogP contribution in [0.15, 0.2) is 0 Å². The topological polar surface area (TPSA) is 40.5 Å². The van der Waals surface area contributed by atoms with E-state index in [0.717, 1.165) is 42.9 Å². The highest BCUT2D eigenvalue weighted by atomic mass is 16.3. The maximum Gasteiger partial charge on any atom is 0.0596 e. The quantitative estimate of drug-likeness (QED) is 0.714. The lowest BCUT2D eigenvalue weighted by Crippen LogP contribution is -2.54. The minimum Gasteiger partial charge on any atom is -0.393 e. The predicted octanol–water partition coefficient (Wildman–Crippen LogP) is 3.75. The molecule has 4 fully saturated rings. The van der Waals surface area contributed by atoms with Crippen LogP contribution in [0.3, 0.4) is 0 Å². The van der Waals surface area contributed by atoms with E-state index >= 15 is 0 Å². The van der Waals surface area contributed by atoms with Gasteiger partial charge in [0, 0.05) is 0 Å². The molecule has 120 valence electrons. The van der Waals surface area contributed by atoms with Gasteiger partial charge < -0.3 is 10.2 Å². The van der Waals surface area contributed by atoms with E-state index in [1.165, 1.54) is 38.5 Å². The first-order valence-corrected chi connectivity index (χ1v) is 9.31. The van der Waals surface area contributed by atoms with Crippen LogP contribution in [0.1, 0.15) is 71.6 Å². The van der Waals surface area contributed by atoms with Crippen molar-refractivity contribution in [2.75, 3.05) is 0 Å². The third kappa shape index (κ3) is 1.91. The summed E-state index contributed by atoms with van der Waals surface area (Å²) in [6, 6.07) is 0. The van der Waals surface area contributed by atoms with Gasteiger partial charge in [-0.25, -0.2) is 0 Å². The Labute approximate surface area is 129 Å². The molecule has 2 N–H and O–H groups in total. The van der Waals surface area contributed by atoms with Crippen LogP contribution in [0.5, 0.6) is 0 Å². The molecule has 0 aromatic rings. The van der Waals surface area contributed by atoms with Crippen molar-refractivity contribution in [1.82, 2.24) is 0 Å². The van der Waals surface area contributed by atoms with Crippen LogP contribution in [0.25, 0.3) is 0 Å². The molecule has 2 nitrogen and oxygen atoms in total. The van der Waals surface area contributed by atoms with Gasteiger partial charge in [-0.05, 0) is 92.3 Å². The van der Waals surface area contributed by atoms with Gasteiger partial charge in [-0.1, -0.05) is 13.8 Å². The van der Waals surface area contributed by atoms with Gasteiger partial charge in [-0.2, -0.15) is 0 Å². The molecule has 0 bridgehead atoms. The fraction of sp³-hybridized carbons (Fsp3) is 1.00. The first kappa shape index (κ1) is 14.5. The molecule has 0 spiro atoms. The molecule has 0 amide bonds. The molecular weight excluding hydrogens is 260 g/mol. The number of rotatable bonds is 0. The fourth-order valence-corrected chi connectivity index (χ4v) is 7.21. The summed E-state index contributed by atoms with van der Waals surface area (Å²) >= 11 is 0. The van der Waals surface area contributed by atoms with Crippen molar-refractivity contribution in [2.24, 2.45) is 34.5 Å². The number of aliphatic hydroxyl groups is 2. The van der Waals surface area contributed by atoms with Crippen molar-refractivity contribution >= 4 is 0 Å². The highest BCUT2D eigenvalue weighted by Gasteiger charge is 2.59. The molecule has 0 aromatic heterocycles. The minimum atomic E-state index is -0.0536. The van der Waals surface area contributed by atoms with E-state index in [4.69, 9.17) is 0 Å². The van der Waals surface area contributed by atoms with Gasteiger partial charge in [0.2, 0.25) is 0 Å². The molecule has 0 aliphatic heterocycles. The minimum absolute atomic E-state index is 0.0400. The second kappa shape index (κ2) is 4.71. The van der Waals surface area contributed by atoms with Crippen molar-refractivity contribution < 1.29 is 10.2 Å². The van der Waals surface area contributed by atoms with E-state index < -0.39 is 0 Å². The summed E-state index contributed by atoms with van der Waals surface area (Å²) in [4.78, 5) is 0. The summed E-state index contributed by atoms with van der Waals surface area (Å²) in [6.07, 6.45) is 10.7. The lowest BCUT2D eigenvalue weighted by molar-refractivity contribution is -0.133. The molecule has 0 aromatic carbocycles. The molecular formula is C19H32O2. The fourth-order valence-electron chi connectivity index (χ4n) is 7.21. The van der Waals surface area contributed by atoms with E-state index in [-0.39, 0.29) is 17.6 Å². The SMILES string of the molecule is C[C@]12CC[C@H]3[C@@H](CCC4CC(O)CC[C@@]43C)[C@@H]1CC[C@@H]2O. The number of aliphatic hydroxyl groups excluding tert-OH is 2. The number of hydrogen-bond acceptors (Lipinski definition) is 2. The summed E-state index contributed by atoms with van der Waals surface area (Å²) in [5.74, 6) is 3.21. The van der Waals surface area contributed by atoms with Crippen LogP contribution in [0, 0.1) is 34.5 Å². The zero-order valence-corrected chi connectivity index (χ0v) is 13.7. The zero-order chi connectivity index (χ0) is 14.8. The van der Waals surface area contributed by atoms with E-state index in [0.29, 0.717) is 5.41 Å². The maximum atomic E-state index is 10.5. The largest absolute Gasteiger partial charge is 0.393 e. The normalized spacial score (nSPS) is 60.0. The summed E-state index contributed by atoms with van der Waals surface area (Å²) in [5.41, 5.74) is 0.676. The average Bonchev–Trinajstić information content (AvgIpc) is 2.76. The van der Waals surface area contributed by atoms with Gasteiger partial charge in [0.25, 0.3) is 0 Å². The molecule has 4 rings (SSSR count). The van der Waals surface area contributed by atoms with Crippen molar-refractivity contribution in [3.8, 4) is 0 Å². The van der Waals surface area contributed by atoms with Crippen LogP contribution < -0.4 is 0 Å². The van der Waals surface area contributed by atoms with Crippen LogP contribution in [0.4, 0.5) is 0 Å². The monoisotopic (exact) mass is 292 g/mol. The maximum absolute atomic E-state index is 10.5. The molecule has 8 atom stereocenters. The second-order valence-corrected chi connectivity index (χ2v) is 9.22. The van der Waals surface area contributed by atoms with Gasteiger partial charge >= 0.3 is 0 Å². The highest BCUT2D eigenvalue weighted by molar-refractivity contribution is 5.09. The first-order chi connectivity index (χ1) is 9.95. The predicted molar refractivity (Wildman–Crippen MR) is 83.7 cm³/mol. The van der Waals surface area contributed by atoms with Crippen LogP contribution in [-0.2, 0) is 0 Å². The third-order valence-corrected chi connectivity index (χ3v) is 8.59. The van der Waals surface area contributed by atoms with Crippen molar-refractivity contribution in [3.05, 3.63) is 0 Å². The summed E-state index contributed by atoms with van der Waals surface area (Å²) < 4.78 is 0. The first-order valence-electron chi connectivity index (χ1n) is 9.31. The molecule has 0 radical (unpaired) electrons. The molecule has 0 saturated heterocycles. The van der Waals surface area contributed by atoms with E-state index in [2.05, 4.69) is 13.8 Å². The Morgan fingerprint density at radius 3 is 2.29 bits per heavy atom. The standard InChI is InChI=1S/C19H32O2/c1-18-9-7-13(20)11-12(18)3-4-14-15-5-6-17(21)19(15,2)10-8-16(14)18/h12-17,20-21H,3-11H2,1-2H3/t12?,13?,14-,15-,16-,17-,18-,19-/m0/s1. The Balaban J connectivity index is 1.62. The molecule has 4 saturated carbocycles. The average molecular weight is 292 g/mol. The lowest BCUT2D eigenvalue weighted by atomic mass is 9.45. The van der Waals surface area contributed by atoms with Gasteiger partial charge in [-0.15, -0.1) is 0 Å². The Bertz CT molecular complexity index is 422. The molecule has 21 heavy (non-hydrogen) atoms. The van der Waals surface area contributed by atoms with Gasteiger partial charge in [0.1, 0.15) is 0 Å². The Morgan fingerprint density at radius 2 is 1.48 bits per heavy atom.